The molecule has 0 radical (unpaired) electrons. The first-order valence-corrected chi connectivity index (χ1v) is 8.83. The van der Waals surface area contributed by atoms with Gasteiger partial charge >= 0.3 is 0 Å². The van der Waals surface area contributed by atoms with Crippen LogP contribution in [0.3, 0.4) is 0 Å². The molecule has 2 aromatic rings. The first-order chi connectivity index (χ1) is 10.9. The zero-order chi connectivity index (χ0) is 14.5. The van der Waals surface area contributed by atoms with Gasteiger partial charge in [-0.3, -0.25) is 4.68 Å². The van der Waals surface area contributed by atoms with Crippen molar-refractivity contribution in [2.75, 3.05) is 37.6 Å². The van der Waals surface area contributed by atoms with Crippen LogP contribution in [0, 0.1) is 5.92 Å². The van der Waals surface area contributed by atoms with Crippen LogP contribution >= 0.6 is 0 Å². The van der Waals surface area contributed by atoms with E-state index >= 15 is 0 Å². The molecule has 1 aromatic carbocycles. The summed E-state index contributed by atoms with van der Waals surface area (Å²) in [7, 11) is 0. The van der Waals surface area contributed by atoms with Crippen LogP contribution in [0.1, 0.15) is 31.7 Å². The Kier molecular flexibility index (Phi) is 2.93. The largest absolute Gasteiger partial charge is 0.371 e. The van der Waals surface area contributed by atoms with E-state index in [-0.39, 0.29) is 0 Å². The number of hydrogen-bond donors (Lipinski definition) is 0. The summed E-state index contributed by atoms with van der Waals surface area (Å²) in [6.45, 7) is 6.19. The van der Waals surface area contributed by atoms with Gasteiger partial charge in [0, 0.05) is 30.7 Å². The first-order valence-electron chi connectivity index (χ1n) is 8.83. The number of rotatable bonds is 2. The Balaban J connectivity index is 1.54. The number of piperidine rings is 3. The third kappa shape index (κ3) is 1.97. The van der Waals surface area contributed by atoms with Crippen molar-refractivity contribution >= 4 is 16.6 Å². The molecule has 0 spiro atoms. The van der Waals surface area contributed by atoms with Gasteiger partial charge in [-0.25, -0.2) is 0 Å². The molecular weight excluding hydrogens is 272 g/mol. The van der Waals surface area contributed by atoms with E-state index in [4.69, 9.17) is 5.10 Å². The summed E-state index contributed by atoms with van der Waals surface area (Å²) in [6, 6.07) is 7.49. The third-order valence-corrected chi connectivity index (χ3v) is 5.99. The fraction of sp³-hybridized carbons (Fsp3) is 0.611. The lowest BCUT2D eigenvalue weighted by Crippen LogP contribution is -2.48. The van der Waals surface area contributed by atoms with Gasteiger partial charge in [-0.1, -0.05) is 0 Å². The molecular formula is C18H24N4. The number of nitrogens with zero attached hydrogens (tertiary/aromatic N) is 4. The van der Waals surface area contributed by atoms with Gasteiger partial charge in [-0.2, -0.15) is 5.10 Å². The molecule has 0 saturated carbocycles. The SMILES string of the molecule is c1cc2cnn([C@@H]3CN4CCC3CC4)c2cc1N1CCCC1. The summed E-state index contributed by atoms with van der Waals surface area (Å²) < 4.78 is 2.34. The third-order valence-electron chi connectivity index (χ3n) is 5.99. The molecule has 4 fully saturated rings. The van der Waals surface area contributed by atoms with Gasteiger partial charge in [0.05, 0.1) is 17.8 Å². The monoisotopic (exact) mass is 296 g/mol. The summed E-state index contributed by atoms with van der Waals surface area (Å²) >= 11 is 0. The minimum absolute atomic E-state index is 0.578. The van der Waals surface area contributed by atoms with E-state index in [1.54, 1.807) is 0 Å². The molecule has 4 nitrogen and oxygen atoms in total. The molecule has 0 aliphatic carbocycles. The maximum absolute atomic E-state index is 4.78. The molecule has 1 atom stereocenters. The molecule has 4 heteroatoms. The normalized spacial score (nSPS) is 31.3. The highest BCUT2D eigenvalue weighted by molar-refractivity contribution is 5.82. The number of fused-ring (bicyclic) bond motifs is 4. The number of anilines is 1. The second-order valence-corrected chi connectivity index (χ2v) is 7.23. The molecule has 5 heterocycles. The van der Waals surface area contributed by atoms with Gasteiger partial charge in [0.25, 0.3) is 0 Å². The van der Waals surface area contributed by atoms with Crippen LogP contribution < -0.4 is 4.90 Å². The topological polar surface area (TPSA) is 24.3 Å². The van der Waals surface area contributed by atoms with E-state index in [0.29, 0.717) is 6.04 Å². The standard InChI is InChI=1S/C18H24N4/c1-2-8-21(7-1)16-4-3-15-12-19-22(17(15)11-16)18-13-20-9-5-14(18)6-10-20/h3-4,11-12,14,18H,1-2,5-10,13H2/t18-/m1/s1. The van der Waals surface area contributed by atoms with Crippen LogP contribution in [0.4, 0.5) is 5.69 Å². The lowest BCUT2D eigenvalue weighted by molar-refractivity contribution is 0.0534. The van der Waals surface area contributed by atoms with Crippen LogP contribution in [0.25, 0.3) is 10.9 Å². The zero-order valence-corrected chi connectivity index (χ0v) is 13.1. The molecule has 4 saturated heterocycles. The van der Waals surface area contributed by atoms with Crippen LogP contribution in [0.2, 0.25) is 0 Å². The molecule has 0 unspecified atom stereocenters. The van der Waals surface area contributed by atoms with E-state index < -0.39 is 0 Å². The highest BCUT2D eigenvalue weighted by atomic mass is 15.3. The fourth-order valence-electron chi connectivity index (χ4n) is 4.67. The highest BCUT2D eigenvalue weighted by Crippen LogP contribution is 2.37. The number of benzene rings is 1. The lowest BCUT2D eigenvalue weighted by Gasteiger charge is -2.44. The second kappa shape index (κ2) is 4.98. The van der Waals surface area contributed by atoms with Crippen molar-refractivity contribution in [3.05, 3.63) is 24.4 Å². The summed E-state index contributed by atoms with van der Waals surface area (Å²) in [6.07, 6.45) is 7.41. The molecule has 4 aliphatic rings. The van der Waals surface area contributed by atoms with Gasteiger partial charge in [-0.05, 0) is 62.9 Å². The Morgan fingerprint density at radius 1 is 1.00 bits per heavy atom. The van der Waals surface area contributed by atoms with Crippen molar-refractivity contribution in [3.63, 3.8) is 0 Å². The smallest absolute Gasteiger partial charge is 0.0707 e. The first kappa shape index (κ1) is 12.9. The van der Waals surface area contributed by atoms with Gasteiger partial charge in [-0.15, -0.1) is 0 Å². The zero-order valence-electron chi connectivity index (χ0n) is 13.1. The summed E-state index contributed by atoms with van der Waals surface area (Å²) in [5.74, 6) is 0.823. The van der Waals surface area contributed by atoms with Crippen molar-refractivity contribution in [1.29, 1.82) is 0 Å². The average molecular weight is 296 g/mol. The van der Waals surface area contributed by atoms with Crippen molar-refractivity contribution in [3.8, 4) is 0 Å². The van der Waals surface area contributed by atoms with E-state index in [1.165, 1.54) is 75.0 Å². The second-order valence-electron chi connectivity index (χ2n) is 7.23. The lowest BCUT2D eigenvalue weighted by atomic mass is 9.84. The summed E-state index contributed by atoms with van der Waals surface area (Å²) in [4.78, 5) is 5.13. The molecule has 0 N–H and O–H groups in total. The van der Waals surface area contributed by atoms with E-state index in [2.05, 4.69) is 38.9 Å². The van der Waals surface area contributed by atoms with Crippen LogP contribution in [-0.2, 0) is 0 Å². The van der Waals surface area contributed by atoms with Crippen LogP contribution in [0.5, 0.6) is 0 Å². The van der Waals surface area contributed by atoms with Crippen LogP contribution in [0.15, 0.2) is 24.4 Å². The average Bonchev–Trinajstić information content (AvgIpc) is 3.25. The van der Waals surface area contributed by atoms with E-state index in [9.17, 15) is 0 Å². The summed E-state index contributed by atoms with van der Waals surface area (Å²) in [5.41, 5.74) is 2.72. The molecule has 1 aromatic heterocycles. The predicted molar refractivity (Wildman–Crippen MR) is 89.4 cm³/mol. The number of hydrogen-bond acceptors (Lipinski definition) is 3. The Labute approximate surface area is 131 Å². The van der Waals surface area contributed by atoms with Crippen molar-refractivity contribution in [1.82, 2.24) is 14.7 Å². The molecule has 4 aliphatic heterocycles. The minimum Gasteiger partial charge on any atom is -0.371 e. The van der Waals surface area contributed by atoms with Crippen molar-refractivity contribution < 1.29 is 0 Å². The molecule has 0 amide bonds. The molecule has 2 bridgehead atoms. The molecule has 22 heavy (non-hydrogen) atoms. The highest BCUT2D eigenvalue weighted by Gasteiger charge is 2.36. The maximum Gasteiger partial charge on any atom is 0.0707 e. The van der Waals surface area contributed by atoms with Crippen molar-refractivity contribution in [2.24, 2.45) is 5.92 Å². The van der Waals surface area contributed by atoms with Gasteiger partial charge < -0.3 is 9.80 Å². The van der Waals surface area contributed by atoms with E-state index in [0.717, 1.165) is 5.92 Å². The van der Waals surface area contributed by atoms with Gasteiger partial charge in [0.2, 0.25) is 0 Å². The van der Waals surface area contributed by atoms with E-state index in [1.807, 2.05) is 0 Å². The quantitative estimate of drug-likeness (QED) is 0.851. The molecule has 116 valence electrons. The Bertz CT molecular complexity index is 677. The Hall–Kier alpha value is -1.55. The van der Waals surface area contributed by atoms with Gasteiger partial charge in [0.1, 0.15) is 0 Å². The maximum atomic E-state index is 4.78. The molecule has 6 rings (SSSR count). The summed E-state index contributed by atoms with van der Waals surface area (Å²) in [5, 5.41) is 6.07. The Morgan fingerprint density at radius 2 is 1.82 bits per heavy atom. The predicted octanol–water partition coefficient (Wildman–Crippen LogP) is 2.90. The van der Waals surface area contributed by atoms with Crippen molar-refractivity contribution in [2.45, 2.75) is 31.7 Å². The Morgan fingerprint density at radius 3 is 2.55 bits per heavy atom. The van der Waals surface area contributed by atoms with Crippen LogP contribution in [-0.4, -0.2) is 47.4 Å². The fourth-order valence-corrected chi connectivity index (χ4v) is 4.67. The van der Waals surface area contributed by atoms with Gasteiger partial charge in [0.15, 0.2) is 0 Å². The minimum atomic E-state index is 0.578. The number of aromatic nitrogens is 2.